The summed E-state index contributed by atoms with van der Waals surface area (Å²) in [6, 6.07) is 4.99. The number of rotatable bonds is 5. The van der Waals surface area contributed by atoms with Crippen LogP contribution in [-0.4, -0.2) is 45.1 Å². The van der Waals surface area contributed by atoms with E-state index in [1.54, 1.807) is 26.0 Å². The third-order valence-corrected chi connectivity index (χ3v) is 6.74. The lowest BCUT2D eigenvalue weighted by Gasteiger charge is -2.25. The molecule has 4 nitrogen and oxygen atoms in total. The van der Waals surface area contributed by atoms with Crippen molar-refractivity contribution in [2.45, 2.75) is 31.1 Å². The first kappa shape index (κ1) is 17.5. The van der Waals surface area contributed by atoms with Gasteiger partial charge in [0, 0.05) is 37.6 Å². The quantitative estimate of drug-likeness (QED) is 0.888. The maximum absolute atomic E-state index is 13.5. The molecular weight excluding hydrogens is 327 g/mol. The first-order chi connectivity index (χ1) is 10.1. The van der Waals surface area contributed by atoms with E-state index in [4.69, 9.17) is 11.6 Å². The average Bonchev–Trinajstić information content (AvgIpc) is 2.87. The molecule has 1 aliphatic rings. The lowest BCUT2D eigenvalue weighted by atomic mass is 10.2. The van der Waals surface area contributed by atoms with Gasteiger partial charge in [0.2, 0.25) is 0 Å². The Morgan fingerprint density at radius 1 is 1.45 bits per heavy atom. The first-order valence-electron chi connectivity index (χ1n) is 7.23. The Bertz CT molecular complexity index is 649. The van der Waals surface area contributed by atoms with Crippen LogP contribution in [-0.2, 0) is 9.84 Å². The molecule has 1 heterocycles. The highest BCUT2D eigenvalue weighted by Crippen LogP contribution is 2.25. The molecule has 1 aromatic rings. The van der Waals surface area contributed by atoms with Crippen molar-refractivity contribution in [3.8, 4) is 0 Å². The van der Waals surface area contributed by atoms with Crippen LogP contribution in [0.25, 0.3) is 0 Å². The number of anilines is 1. The van der Waals surface area contributed by atoms with E-state index in [9.17, 15) is 12.8 Å². The number of hydrogen-bond acceptors (Lipinski definition) is 4. The monoisotopic (exact) mass is 348 g/mol. The van der Waals surface area contributed by atoms with Gasteiger partial charge >= 0.3 is 0 Å². The van der Waals surface area contributed by atoms with Gasteiger partial charge < -0.3 is 10.2 Å². The largest absolute Gasteiger partial charge is 0.370 e. The molecule has 1 atom stereocenters. The van der Waals surface area contributed by atoms with E-state index in [0.717, 1.165) is 25.2 Å². The summed E-state index contributed by atoms with van der Waals surface area (Å²) in [5.74, 6) is -0.422. The van der Waals surface area contributed by atoms with E-state index in [-0.39, 0.29) is 11.1 Å². The van der Waals surface area contributed by atoms with Gasteiger partial charge in [0.05, 0.1) is 9.77 Å². The Balaban J connectivity index is 1.94. The summed E-state index contributed by atoms with van der Waals surface area (Å²) in [5, 5.41) is 3.43. The predicted molar refractivity (Wildman–Crippen MR) is 89.0 cm³/mol. The molecule has 2 rings (SSSR count). The lowest BCUT2D eigenvalue weighted by Crippen LogP contribution is -2.46. The van der Waals surface area contributed by atoms with Crippen LogP contribution in [0, 0.1) is 5.82 Å². The van der Waals surface area contributed by atoms with Crippen molar-refractivity contribution in [1.29, 1.82) is 0 Å². The number of nitrogens with one attached hydrogen (secondary N) is 1. The summed E-state index contributed by atoms with van der Waals surface area (Å²) in [6.45, 7) is 5.37. The summed E-state index contributed by atoms with van der Waals surface area (Å²) in [7, 11) is -3.11. The van der Waals surface area contributed by atoms with Crippen LogP contribution >= 0.6 is 11.6 Å². The summed E-state index contributed by atoms with van der Waals surface area (Å²) < 4.78 is 36.1. The molecule has 0 unspecified atom stereocenters. The molecule has 1 aromatic carbocycles. The van der Waals surface area contributed by atoms with Crippen LogP contribution < -0.4 is 10.2 Å². The van der Waals surface area contributed by atoms with Gasteiger partial charge in [-0.25, -0.2) is 12.8 Å². The minimum Gasteiger partial charge on any atom is -0.370 e. The minimum atomic E-state index is -3.11. The van der Waals surface area contributed by atoms with Crippen molar-refractivity contribution in [2.24, 2.45) is 0 Å². The second-order valence-electron chi connectivity index (χ2n) is 6.44. The molecule has 1 fully saturated rings. The molecule has 7 heteroatoms. The zero-order valence-corrected chi connectivity index (χ0v) is 14.6. The topological polar surface area (TPSA) is 49.4 Å². The normalized spacial score (nSPS) is 19.7. The number of sulfone groups is 1. The fourth-order valence-corrected chi connectivity index (χ4v) is 2.83. The van der Waals surface area contributed by atoms with E-state index < -0.39 is 20.4 Å². The molecule has 0 aliphatic carbocycles. The standard InChI is InChI=1S/C15H22ClFN2O2S/c1-15(2,22(3,20)21)10-18-11-6-7-19(9-11)12-4-5-13(16)14(17)8-12/h4-5,8,11,18H,6-7,9-10H2,1-3H3/t11-/m0/s1. The molecule has 1 saturated heterocycles. The minimum absolute atomic E-state index is 0.118. The Hall–Kier alpha value is -0.850. The van der Waals surface area contributed by atoms with Gasteiger partial charge in [0.15, 0.2) is 9.84 Å². The fraction of sp³-hybridized carbons (Fsp3) is 0.600. The zero-order valence-electron chi connectivity index (χ0n) is 13.1. The van der Waals surface area contributed by atoms with Crippen molar-refractivity contribution < 1.29 is 12.8 Å². The van der Waals surface area contributed by atoms with Gasteiger partial charge in [-0.3, -0.25) is 0 Å². The Labute approximate surface area is 136 Å². The van der Waals surface area contributed by atoms with Crippen LogP contribution in [0.15, 0.2) is 18.2 Å². The van der Waals surface area contributed by atoms with E-state index in [1.165, 1.54) is 12.3 Å². The molecule has 0 aromatic heterocycles. The SMILES string of the molecule is CC(C)(CN[C@H]1CCN(c2ccc(Cl)c(F)c2)C1)S(C)(=O)=O. The highest BCUT2D eigenvalue weighted by molar-refractivity contribution is 7.92. The van der Waals surface area contributed by atoms with E-state index in [0.29, 0.717) is 6.54 Å². The summed E-state index contributed by atoms with van der Waals surface area (Å²) in [5.41, 5.74) is 0.800. The van der Waals surface area contributed by atoms with Gasteiger partial charge in [-0.15, -0.1) is 0 Å². The van der Waals surface area contributed by atoms with Crippen LogP contribution in [0.4, 0.5) is 10.1 Å². The third kappa shape index (κ3) is 3.91. The van der Waals surface area contributed by atoms with E-state index >= 15 is 0 Å². The smallest absolute Gasteiger partial charge is 0.153 e. The van der Waals surface area contributed by atoms with Crippen molar-refractivity contribution in [3.05, 3.63) is 29.0 Å². The first-order valence-corrected chi connectivity index (χ1v) is 9.50. The molecule has 0 saturated carbocycles. The molecule has 0 amide bonds. The van der Waals surface area contributed by atoms with Crippen molar-refractivity contribution in [2.75, 3.05) is 30.8 Å². The average molecular weight is 349 g/mol. The predicted octanol–water partition coefficient (Wildman–Crippen LogP) is 2.47. The Morgan fingerprint density at radius 3 is 2.73 bits per heavy atom. The van der Waals surface area contributed by atoms with Crippen LogP contribution in [0.1, 0.15) is 20.3 Å². The third-order valence-electron chi connectivity index (χ3n) is 4.28. The van der Waals surface area contributed by atoms with Crippen LogP contribution in [0.3, 0.4) is 0 Å². The molecule has 22 heavy (non-hydrogen) atoms. The molecule has 1 N–H and O–H groups in total. The van der Waals surface area contributed by atoms with Gasteiger partial charge in [-0.1, -0.05) is 11.6 Å². The van der Waals surface area contributed by atoms with Crippen molar-refractivity contribution in [3.63, 3.8) is 0 Å². The van der Waals surface area contributed by atoms with Gasteiger partial charge in [0.1, 0.15) is 5.82 Å². The van der Waals surface area contributed by atoms with Crippen LogP contribution in [0.2, 0.25) is 5.02 Å². The second-order valence-corrected chi connectivity index (χ2v) is 9.50. The molecular formula is C15H22ClFN2O2S. The number of benzene rings is 1. The highest BCUT2D eigenvalue weighted by atomic mass is 35.5. The molecule has 0 spiro atoms. The van der Waals surface area contributed by atoms with Gasteiger partial charge in [-0.2, -0.15) is 0 Å². The second kappa shape index (κ2) is 6.34. The van der Waals surface area contributed by atoms with Crippen molar-refractivity contribution in [1.82, 2.24) is 5.32 Å². The van der Waals surface area contributed by atoms with Crippen molar-refractivity contribution >= 4 is 27.1 Å². The fourth-order valence-electron chi connectivity index (χ4n) is 2.36. The number of nitrogens with zero attached hydrogens (tertiary/aromatic N) is 1. The maximum atomic E-state index is 13.5. The number of halogens is 2. The van der Waals surface area contributed by atoms with Gasteiger partial charge in [0.25, 0.3) is 0 Å². The zero-order chi connectivity index (χ0) is 16.5. The molecule has 0 bridgehead atoms. The Morgan fingerprint density at radius 2 is 2.14 bits per heavy atom. The highest BCUT2D eigenvalue weighted by Gasteiger charge is 2.32. The lowest BCUT2D eigenvalue weighted by molar-refractivity contribution is 0.481. The van der Waals surface area contributed by atoms with E-state index in [1.807, 2.05) is 0 Å². The maximum Gasteiger partial charge on any atom is 0.153 e. The molecule has 1 aliphatic heterocycles. The summed E-state index contributed by atoms with van der Waals surface area (Å²) >= 11 is 5.70. The van der Waals surface area contributed by atoms with Crippen LogP contribution in [0.5, 0.6) is 0 Å². The van der Waals surface area contributed by atoms with Gasteiger partial charge in [-0.05, 0) is 38.5 Å². The molecule has 124 valence electrons. The Kier molecular flexibility index (Phi) is 5.04. The summed E-state index contributed by atoms with van der Waals surface area (Å²) in [6.07, 6.45) is 2.15. The number of hydrogen-bond donors (Lipinski definition) is 1. The summed E-state index contributed by atoms with van der Waals surface area (Å²) in [4.78, 5) is 2.07. The van der Waals surface area contributed by atoms with E-state index in [2.05, 4.69) is 10.2 Å². The molecule has 0 radical (unpaired) electrons.